The molecule has 1 aliphatic rings. The molecule has 0 spiro atoms. The molecule has 0 saturated heterocycles. The monoisotopic (exact) mass is 342 g/mol. The normalized spacial score (nSPS) is 18.4. The van der Waals surface area contributed by atoms with Crippen molar-refractivity contribution in [1.29, 1.82) is 0 Å². The molecule has 1 rings (SSSR count). The van der Waals surface area contributed by atoms with Gasteiger partial charge in [-0.1, -0.05) is 63.5 Å². The molecule has 1 aliphatic carbocycles. The Bertz CT molecular complexity index is 370. The summed E-state index contributed by atoms with van der Waals surface area (Å²) in [6, 6.07) is 0. The highest BCUT2D eigenvalue weighted by atomic mass is 14.1. The summed E-state index contributed by atoms with van der Waals surface area (Å²) in [5.74, 6) is 0. The van der Waals surface area contributed by atoms with E-state index in [2.05, 4.69) is 31.0 Å². The van der Waals surface area contributed by atoms with Crippen molar-refractivity contribution in [2.24, 2.45) is 0 Å². The van der Waals surface area contributed by atoms with Crippen LogP contribution in [0.3, 0.4) is 0 Å². The van der Waals surface area contributed by atoms with Crippen LogP contribution in [-0.4, -0.2) is 0 Å². The lowest BCUT2D eigenvalue weighted by atomic mass is 9.97. The number of hydrogen-bond acceptors (Lipinski definition) is 0. The molecule has 0 aromatic heterocycles. The lowest BCUT2D eigenvalue weighted by molar-refractivity contribution is 0.549. The van der Waals surface area contributed by atoms with Gasteiger partial charge in [0.05, 0.1) is 0 Å². The summed E-state index contributed by atoms with van der Waals surface area (Å²) in [6.07, 6.45) is 28.0. The first-order chi connectivity index (χ1) is 12.4. The third-order valence-electron chi connectivity index (χ3n) is 5.33. The summed E-state index contributed by atoms with van der Waals surface area (Å²) in [4.78, 5) is 0. The van der Waals surface area contributed by atoms with E-state index in [1.165, 1.54) is 103 Å². The van der Waals surface area contributed by atoms with Crippen molar-refractivity contribution in [2.45, 2.75) is 116 Å². The average Bonchev–Trinajstić information content (AvgIpc) is 2.62. The molecule has 0 radical (unpaired) electrons. The molecule has 0 fully saturated rings. The van der Waals surface area contributed by atoms with Crippen LogP contribution in [0.25, 0.3) is 0 Å². The molecule has 0 amide bonds. The first-order valence-electron chi connectivity index (χ1n) is 11.0. The van der Waals surface area contributed by atoms with Crippen LogP contribution in [0.1, 0.15) is 116 Å². The standard InChI is InChI=1S/C25H42/c1-3-5-15-19-24-21-17-13-11-9-7-8-10-12-14-18-22-25(23-24)20-16-6-4-2/h3-4H,1-2,5-22H2. The van der Waals surface area contributed by atoms with Crippen LogP contribution >= 0.6 is 0 Å². The Kier molecular flexibility index (Phi) is 14.5. The Morgan fingerprint density at radius 3 is 1.32 bits per heavy atom. The van der Waals surface area contributed by atoms with Gasteiger partial charge in [0.25, 0.3) is 0 Å². The fraction of sp³-hybridized carbons (Fsp3) is 0.720. The third kappa shape index (κ3) is 12.9. The first-order valence-corrected chi connectivity index (χ1v) is 11.0. The molecule has 25 heavy (non-hydrogen) atoms. The maximum atomic E-state index is 3.91. The smallest absolute Gasteiger partial charge is 0.0241 e. The van der Waals surface area contributed by atoms with E-state index in [1.54, 1.807) is 11.1 Å². The fourth-order valence-electron chi connectivity index (χ4n) is 3.76. The summed E-state index contributed by atoms with van der Waals surface area (Å²) >= 11 is 0. The van der Waals surface area contributed by atoms with Gasteiger partial charge in [-0.2, -0.15) is 0 Å². The van der Waals surface area contributed by atoms with Gasteiger partial charge in [-0.3, -0.25) is 0 Å². The quantitative estimate of drug-likeness (QED) is 0.235. The highest BCUT2D eigenvalue weighted by Gasteiger charge is 2.03. The van der Waals surface area contributed by atoms with Crippen LogP contribution in [-0.2, 0) is 0 Å². The maximum Gasteiger partial charge on any atom is -0.0241 e. The topological polar surface area (TPSA) is 0 Å². The van der Waals surface area contributed by atoms with Crippen LogP contribution in [0.15, 0.2) is 42.2 Å². The Balaban J connectivity index is 2.75. The van der Waals surface area contributed by atoms with Crippen molar-refractivity contribution in [3.63, 3.8) is 0 Å². The number of rotatable bonds is 8. The molecule has 0 aromatic carbocycles. The van der Waals surface area contributed by atoms with Gasteiger partial charge < -0.3 is 0 Å². The predicted octanol–water partition coefficient (Wildman–Crippen LogP) is 8.85. The molecule has 0 aliphatic heterocycles. The summed E-state index contributed by atoms with van der Waals surface area (Å²) in [5.41, 5.74) is 7.08. The second-order valence-corrected chi connectivity index (χ2v) is 7.73. The first kappa shape index (κ1) is 22.0. The van der Waals surface area contributed by atoms with Crippen LogP contribution in [0, 0.1) is 0 Å². The molecule has 0 saturated carbocycles. The minimum atomic E-state index is 1.14. The van der Waals surface area contributed by atoms with Gasteiger partial charge in [0, 0.05) is 0 Å². The van der Waals surface area contributed by atoms with Gasteiger partial charge in [-0.15, -0.1) is 18.9 Å². The lowest BCUT2D eigenvalue weighted by Crippen LogP contribution is -1.89. The minimum Gasteiger partial charge on any atom is -0.123 e. The largest absolute Gasteiger partial charge is 0.123 e. The van der Waals surface area contributed by atoms with E-state index in [0.29, 0.717) is 0 Å². The summed E-state index contributed by atoms with van der Waals surface area (Å²) in [5, 5.41) is 0. The average molecular weight is 343 g/mol. The molecular formula is C25H42. The van der Waals surface area contributed by atoms with Crippen molar-refractivity contribution in [2.75, 3.05) is 0 Å². The zero-order chi connectivity index (χ0) is 18.0. The third-order valence-corrected chi connectivity index (χ3v) is 5.33. The maximum absolute atomic E-state index is 3.91. The minimum absolute atomic E-state index is 1.14. The van der Waals surface area contributed by atoms with Crippen LogP contribution in [0.2, 0.25) is 0 Å². The van der Waals surface area contributed by atoms with Gasteiger partial charge in [0.1, 0.15) is 0 Å². The molecule has 0 atom stereocenters. The van der Waals surface area contributed by atoms with E-state index in [4.69, 9.17) is 0 Å². The van der Waals surface area contributed by atoms with E-state index in [-0.39, 0.29) is 0 Å². The van der Waals surface area contributed by atoms with Gasteiger partial charge >= 0.3 is 0 Å². The zero-order valence-electron chi connectivity index (χ0n) is 16.8. The summed E-state index contributed by atoms with van der Waals surface area (Å²) in [7, 11) is 0. The van der Waals surface area contributed by atoms with E-state index in [9.17, 15) is 0 Å². The Hall–Kier alpha value is -1.00. The van der Waals surface area contributed by atoms with Crippen LogP contribution < -0.4 is 0 Å². The summed E-state index contributed by atoms with van der Waals surface area (Å²) in [6.45, 7) is 7.75. The highest BCUT2D eigenvalue weighted by Crippen LogP contribution is 2.22. The molecule has 0 unspecified atom stereocenters. The molecule has 0 heteroatoms. The fourth-order valence-corrected chi connectivity index (χ4v) is 3.76. The lowest BCUT2D eigenvalue weighted by Gasteiger charge is -2.08. The van der Waals surface area contributed by atoms with Crippen LogP contribution in [0.5, 0.6) is 0 Å². The number of allylic oxidation sites excluding steroid dienone is 3. The van der Waals surface area contributed by atoms with Gasteiger partial charge in [0.2, 0.25) is 0 Å². The van der Waals surface area contributed by atoms with Crippen molar-refractivity contribution >= 4 is 0 Å². The summed E-state index contributed by atoms with van der Waals surface area (Å²) < 4.78 is 0. The second kappa shape index (κ2) is 16.5. The Morgan fingerprint density at radius 1 is 0.600 bits per heavy atom. The molecule has 0 heterocycles. The molecule has 142 valence electrons. The van der Waals surface area contributed by atoms with E-state index in [0.717, 1.165) is 12.8 Å². The molecule has 0 aromatic rings. The second-order valence-electron chi connectivity index (χ2n) is 7.73. The molecular weight excluding hydrogens is 300 g/mol. The molecule has 0 bridgehead atoms. The van der Waals surface area contributed by atoms with E-state index >= 15 is 0 Å². The van der Waals surface area contributed by atoms with Crippen molar-refractivity contribution < 1.29 is 0 Å². The zero-order valence-corrected chi connectivity index (χ0v) is 16.8. The van der Waals surface area contributed by atoms with Gasteiger partial charge in [-0.25, -0.2) is 0 Å². The predicted molar refractivity (Wildman–Crippen MR) is 114 cm³/mol. The Labute approximate surface area is 158 Å². The number of hydrogen-bond donors (Lipinski definition) is 0. The van der Waals surface area contributed by atoms with Crippen molar-refractivity contribution in [3.8, 4) is 0 Å². The molecule has 0 nitrogen and oxygen atoms in total. The Morgan fingerprint density at radius 2 is 0.960 bits per heavy atom. The van der Waals surface area contributed by atoms with E-state index < -0.39 is 0 Å². The van der Waals surface area contributed by atoms with Gasteiger partial charge in [-0.05, 0) is 75.4 Å². The highest BCUT2D eigenvalue weighted by molar-refractivity contribution is 5.10. The van der Waals surface area contributed by atoms with Crippen molar-refractivity contribution in [3.05, 3.63) is 42.2 Å². The van der Waals surface area contributed by atoms with Crippen molar-refractivity contribution in [1.82, 2.24) is 0 Å². The van der Waals surface area contributed by atoms with Crippen LogP contribution in [0.4, 0.5) is 0 Å². The van der Waals surface area contributed by atoms with Gasteiger partial charge in [0.15, 0.2) is 0 Å². The molecule has 0 N–H and O–H groups in total. The number of unbranched alkanes of at least 4 members (excludes halogenated alkanes) is 2. The van der Waals surface area contributed by atoms with E-state index in [1.807, 2.05) is 0 Å². The SMILES string of the molecule is C=CCCCC1=C=C(CCCC=C)CCCCCCCCCCCC1.